The number of hydrogen-bond acceptors (Lipinski definition) is 2. The van der Waals surface area contributed by atoms with E-state index in [1.807, 2.05) is 61.7 Å². The number of benzene rings is 2. The maximum Gasteiger partial charge on any atom is 0.224 e. The Labute approximate surface area is 141 Å². The van der Waals surface area contributed by atoms with Gasteiger partial charge in [0.15, 0.2) is 0 Å². The Morgan fingerprint density at radius 2 is 1.88 bits per heavy atom. The summed E-state index contributed by atoms with van der Waals surface area (Å²) in [5.74, 6) is -0.0765. The molecule has 0 unspecified atom stereocenters. The van der Waals surface area contributed by atoms with Gasteiger partial charge in [-0.25, -0.2) is 0 Å². The lowest BCUT2D eigenvalue weighted by Gasteiger charge is -2.17. The zero-order chi connectivity index (χ0) is 16.9. The molecule has 1 amide bonds. The zero-order valence-corrected chi connectivity index (χ0v) is 13.8. The van der Waals surface area contributed by atoms with Crippen LogP contribution in [0.3, 0.4) is 0 Å². The third-order valence-corrected chi connectivity index (χ3v) is 4.34. The van der Waals surface area contributed by atoms with Crippen molar-refractivity contribution >= 4 is 16.8 Å². The van der Waals surface area contributed by atoms with Crippen LogP contribution in [-0.4, -0.2) is 28.6 Å². The van der Waals surface area contributed by atoms with E-state index in [0.717, 1.165) is 22.0 Å². The third-order valence-electron chi connectivity index (χ3n) is 4.34. The number of carbonyl (C=O) groups is 1. The molecule has 4 nitrogen and oxygen atoms in total. The summed E-state index contributed by atoms with van der Waals surface area (Å²) in [5.41, 5.74) is 4.31. The van der Waals surface area contributed by atoms with Gasteiger partial charge in [-0.15, -0.1) is 0 Å². The van der Waals surface area contributed by atoms with Gasteiger partial charge in [0.25, 0.3) is 0 Å². The molecule has 1 atom stereocenters. The van der Waals surface area contributed by atoms with E-state index in [1.54, 1.807) is 0 Å². The molecule has 2 aromatic carbocycles. The first-order valence-corrected chi connectivity index (χ1v) is 8.17. The molecule has 0 saturated heterocycles. The molecule has 0 spiro atoms. The molecule has 3 aromatic rings. The van der Waals surface area contributed by atoms with Crippen molar-refractivity contribution in [2.45, 2.75) is 25.8 Å². The lowest BCUT2D eigenvalue weighted by Crippen LogP contribution is -2.40. The number of aliphatic hydroxyl groups is 1. The average molecular weight is 322 g/mol. The van der Waals surface area contributed by atoms with Crippen molar-refractivity contribution in [1.82, 2.24) is 10.3 Å². The van der Waals surface area contributed by atoms with Gasteiger partial charge in [0, 0.05) is 17.1 Å². The summed E-state index contributed by atoms with van der Waals surface area (Å²) in [6.45, 7) is 1.96. The number of rotatable bonds is 6. The molecule has 0 aliphatic rings. The van der Waals surface area contributed by atoms with Crippen LogP contribution in [-0.2, 0) is 17.6 Å². The molecule has 0 aliphatic heterocycles. The Morgan fingerprint density at radius 3 is 2.67 bits per heavy atom. The number of H-pyrrole nitrogens is 1. The maximum atomic E-state index is 12.4. The van der Waals surface area contributed by atoms with Gasteiger partial charge in [0.2, 0.25) is 5.91 Å². The molecule has 1 heterocycles. The first kappa shape index (κ1) is 16.3. The molecular weight excluding hydrogens is 300 g/mol. The summed E-state index contributed by atoms with van der Waals surface area (Å²) < 4.78 is 0. The number of aromatic nitrogens is 1. The van der Waals surface area contributed by atoms with Gasteiger partial charge >= 0.3 is 0 Å². The fourth-order valence-electron chi connectivity index (χ4n) is 3.00. The van der Waals surface area contributed by atoms with Gasteiger partial charge in [-0.1, -0.05) is 42.5 Å². The van der Waals surface area contributed by atoms with Crippen molar-refractivity contribution in [3.8, 4) is 0 Å². The fraction of sp³-hybridized carbons (Fsp3) is 0.250. The van der Waals surface area contributed by atoms with Gasteiger partial charge < -0.3 is 15.4 Å². The highest BCUT2D eigenvalue weighted by molar-refractivity contribution is 5.88. The van der Waals surface area contributed by atoms with Crippen LogP contribution in [0.5, 0.6) is 0 Å². The molecule has 0 fully saturated rings. The number of carbonyl (C=O) groups excluding carboxylic acids is 1. The largest absolute Gasteiger partial charge is 0.394 e. The quantitative estimate of drug-likeness (QED) is 0.653. The van der Waals surface area contributed by atoms with Gasteiger partial charge in [-0.3, -0.25) is 4.79 Å². The van der Waals surface area contributed by atoms with Gasteiger partial charge in [-0.2, -0.15) is 0 Å². The number of aryl methyl sites for hydroxylation is 1. The van der Waals surface area contributed by atoms with E-state index in [1.165, 1.54) is 5.56 Å². The summed E-state index contributed by atoms with van der Waals surface area (Å²) >= 11 is 0. The van der Waals surface area contributed by atoms with Crippen LogP contribution in [0.4, 0.5) is 0 Å². The lowest BCUT2D eigenvalue weighted by molar-refractivity contribution is -0.121. The summed E-state index contributed by atoms with van der Waals surface area (Å²) in [6.07, 6.45) is 2.80. The minimum atomic E-state index is -0.274. The number of amides is 1. The molecule has 0 aliphatic carbocycles. The highest BCUT2D eigenvalue weighted by Crippen LogP contribution is 2.18. The van der Waals surface area contributed by atoms with Crippen molar-refractivity contribution in [2.24, 2.45) is 0 Å². The van der Waals surface area contributed by atoms with Crippen molar-refractivity contribution in [1.29, 1.82) is 0 Å². The summed E-state index contributed by atoms with van der Waals surface area (Å²) in [5, 5.41) is 13.6. The number of aliphatic hydroxyl groups excluding tert-OH is 1. The SMILES string of the molecule is Cc1ccccc1C[C@H](CO)NC(=O)Cc1c[nH]c2ccccc12. The highest BCUT2D eigenvalue weighted by Gasteiger charge is 2.15. The molecule has 0 saturated carbocycles. The molecular formula is C20H22N2O2. The van der Waals surface area contributed by atoms with Gasteiger partial charge in [0.1, 0.15) is 0 Å². The van der Waals surface area contributed by atoms with Crippen LogP contribution in [0.15, 0.2) is 54.7 Å². The Kier molecular flexibility index (Phi) is 4.96. The van der Waals surface area contributed by atoms with E-state index in [9.17, 15) is 9.90 Å². The van der Waals surface area contributed by atoms with Crippen LogP contribution in [0.1, 0.15) is 16.7 Å². The molecule has 24 heavy (non-hydrogen) atoms. The van der Waals surface area contributed by atoms with E-state index in [-0.39, 0.29) is 18.6 Å². The number of aromatic amines is 1. The van der Waals surface area contributed by atoms with E-state index < -0.39 is 0 Å². The molecule has 3 N–H and O–H groups in total. The number of nitrogens with one attached hydrogen (secondary N) is 2. The molecule has 124 valence electrons. The normalized spacial score (nSPS) is 12.2. The Morgan fingerprint density at radius 1 is 1.12 bits per heavy atom. The second-order valence-corrected chi connectivity index (χ2v) is 6.11. The standard InChI is InChI=1S/C20H22N2O2/c1-14-6-2-3-7-15(14)10-17(13-23)22-20(24)11-16-12-21-19-9-5-4-8-18(16)19/h2-9,12,17,21,23H,10-11,13H2,1H3,(H,22,24)/t17-/m1/s1. The number of fused-ring (bicyclic) bond motifs is 1. The van der Waals surface area contributed by atoms with E-state index in [0.29, 0.717) is 12.8 Å². The van der Waals surface area contributed by atoms with Crippen LogP contribution in [0, 0.1) is 6.92 Å². The monoisotopic (exact) mass is 322 g/mol. The van der Waals surface area contributed by atoms with E-state index in [4.69, 9.17) is 0 Å². The van der Waals surface area contributed by atoms with Crippen molar-refractivity contribution in [2.75, 3.05) is 6.61 Å². The minimum Gasteiger partial charge on any atom is -0.394 e. The smallest absolute Gasteiger partial charge is 0.224 e. The number of para-hydroxylation sites is 1. The average Bonchev–Trinajstić information content (AvgIpc) is 2.99. The molecule has 3 rings (SSSR count). The topological polar surface area (TPSA) is 65.1 Å². The summed E-state index contributed by atoms with van der Waals surface area (Å²) in [6, 6.07) is 15.7. The maximum absolute atomic E-state index is 12.4. The first-order valence-electron chi connectivity index (χ1n) is 8.17. The Bertz CT molecular complexity index is 838. The van der Waals surface area contributed by atoms with Gasteiger partial charge in [-0.05, 0) is 36.1 Å². The van der Waals surface area contributed by atoms with Crippen molar-refractivity contribution in [3.63, 3.8) is 0 Å². The van der Waals surface area contributed by atoms with E-state index >= 15 is 0 Å². The Balaban J connectivity index is 1.65. The highest BCUT2D eigenvalue weighted by atomic mass is 16.3. The predicted molar refractivity (Wildman–Crippen MR) is 95.9 cm³/mol. The molecule has 0 bridgehead atoms. The summed E-state index contributed by atoms with van der Waals surface area (Å²) in [4.78, 5) is 15.5. The second kappa shape index (κ2) is 7.32. The fourth-order valence-corrected chi connectivity index (χ4v) is 3.00. The predicted octanol–water partition coefficient (Wildman–Crippen LogP) is 2.74. The van der Waals surface area contributed by atoms with Gasteiger partial charge in [0.05, 0.1) is 19.1 Å². The number of hydrogen-bond donors (Lipinski definition) is 3. The van der Waals surface area contributed by atoms with Crippen molar-refractivity contribution < 1.29 is 9.90 Å². The second-order valence-electron chi connectivity index (χ2n) is 6.11. The molecule has 4 heteroatoms. The van der Waals surface area contributed by atoms with Crippen LogP contribution >= 0.6 is 0 Å². The Hall–Kier alpha value is -2.59. The molecule has 1 aromatic heterocycles. The van der Waals surface area contributed by atoms with Crippen LogP contribution in [0.25, 0.3) is 10.9 Å². The lowest BCUT2D eigenvalue weighted by atomic mass is 10.0. The van der Waals surface area contributed by atoms with Crippen LogP contribution in [0.2, 0.25) is 0 Å². The summed E-state index contributed by atoms with van der Waals surface area (Å²) in [7, 11) is 0. The minimum absolute atomic E-state index is 0.0754. The zero-order valence-electron chi connectivity index (χ0n) is 13.8. The van der Waals surface area contributed by atoms with E-state index in [2.05, 4.69) is 10.3 Å². The first-order chi connectivity index (χ1) is 11.7. The third kappa shape index (κ3) is 3.66. The molecule has 0 radical (unpaired) electrons. The van der Waals surface area contributed by atoms with Crippen LogP contribution < -0.4 is 5.32 Å². The van der Waals surface area contributed by atoms with Crippen molar-refractivity contribution in [3.05, 3.63) is 71.4 Å².